The molecule has 0 spiro atoms. The van der Waals surface area contributed by atoms with E-state index in [1.807, 2.05) is 24.3 Å². The Balaban J connectivity index is 2.44. The fourth-order valence-electron chi connectivity index (χ4n) is 1.80. The first-order valence-electron chi connectivity index (χ1n) is 6.39. The lowest BCUT2D eigenvalue weighted by Crippen LogP contribution is -2.38. The van der Waals surface area contributed by atoms with Crippen molar-refractivity contribution in [1.82, 2.24) is 4.90 Å². The molecule has 1 aromatic carbocycles. The number of rotatable bonds is 8. The maximum absolute atomic E-state index is 5.75. The Morgan fingerprint density at radius 1 is 1.17 bits per heavy atom. The van der Waals surface area contributed by atoms with Gasteiger partial charge in [-0.2, -0.15) is 0 Å². The van der Waals surface area contributed by atoms with Gasteiger partial charge in [0, 0.05) is 25.7 Å². The van der Waals surface area contributed by atoms with Crippen LogP contribution in [0.3, 0.4) is 0 Å². The van der Waals surface area contributed by atoms with E-state index in [1.165, 1.54) is 0 Å². The van der Waals surface area contributed by atoms with Crippen LogP contribution in [0.15, 0.2) is 24.3 Å². The highest BCUT2D eigenvalue weighted by atomic mass is 16.5. The van der Waals surface area contributed by atoms with E-state index in [9.17, 15) is 0 Å². The number of nitrogens with zero attached hydrogens (tertiary/aromatic N) is 1. The molecule has 0 saturated carbocycles. The Labute approximate surface area is 110 Å². The molecule has 0 aliphatic heterocycles. The van der Waals surface area contributed by atoms with Crippen LogP contribution in [0.4, 0.5) is 0 Å². The van der Waals surface area contributed by atoms with Crippen LogP contribution < -0.4 is 15.2 Å². The van der Waals surface area contributed by atoms with Crippen molar-refractivity contribution >= 4 is 0 Å². The fraction of sp³-hybridized carbons (Fsp3) is 0.571. The van der Waals surface area contributed by atoms with Gasteiger partial charge in [-0.05, 0) is 26.0 Å². The molecule has 0 aliphatic rings. The molecule has 18 heavy (non-hydrogen) atoms. The van der Waals surface area contributed by atoms with Gasteiger partial charge in [0.1, 0.15) is 6.61 Å². The minimum atomic E-state index is 0.481. The maximum atomic E-state index is 5.75. The van der Waals surface area contributed by atoms with Gasteiger partial charge < -0.3 is 15.2 Å². The normalized spacial score (nSPS) is 11.0. The van der Waals surface area contributed by atoms with Gasteiger partial charge in [-0.25, -0.2) is 0 Å². The van der Waals surface area contributed by atoms with Gasteiger partial charge >= 0.3 is 0 Å². The molecule has 4 nitrogen and oxygen atoms in total. The van der Waals surface area contributed by atoms with Crippen LogP contribution in [0, 0.1) is 0 Å². The molecule has 102 valence electrons. The Bertz CT molecular complexity index is 342. The quantitative estimate of drug-likeness (QED) is 0.765. The van der Waals surface area contributed by atoms with E-state index in [4.69, 9.17) is 15.2 Å². The number of para-hydroxylation sites is 2. The number of benzene rings is 1. The van der Waals surface area contributed by atoms with E-state index in [1.54, 1.807) is 7.11 Å². The summed E-state index contributed by atoms with van der Waals surface area (Å²) in [5.41, 5.74) is 5.59. The summed E-state index contributed by atoms with van der Waals surface area (Å²) in [6.45, 7) is 7.41. The highest BCUT2D eigenvalue weighted by molar-refractivity contribution is 5.39. The maximum Gasteiger partial charge on any atom is 0.161 e. The second-order valence-electron chi connectivity index (χ2n) is 4.42. The minimum Gasteiger partial charge on any atom is -0.493 e. The third-order valence-corrected chi connectivity index (χ3v) is 2.85. The average molecular weight is 252 g/mol. The van der Waals surface area contributed by atoms with Gasteiger partial charge in [-0.1, -0.05) is 12.1 Å². The van der Waals surface area contributed by atoms with E-state index >= 15 is 0 Å². The second kappa shape index (κ2) is 7.95. The zero-order chi connectivity index (χ0) is 13.4. The molecule has 2 N–H and O–H groups in total. The largest absolute Gasteiger partial charge is 0.493 e. The van der Waals surface area contributed by atoms with Crippen molar-refractivity contribution in [3.05, 3.63) is 24.3 Å². The van der Waals surface area contributed by atoms with Crippen molar-refractivity contribution in [1.29, 1.82) is 0 Å². The zero-order valence-corrected chi connectivity index (χ0v) is 11.6. The van der Waals surface area contributed by atoms with Crippen molar-refractivity contribution in [2.24, 2.45) is 5.73 Å². The summed E-state index contributed by atoms with van der Waals surface area (Å²) >= 11 is 0. The van der Waals surface area contributed by atoms with Crippen LogP contribution in [-0.4, -0.2) is 44.3 Å². The molecule has 1 aromatic rings. The summed E-state index contributed by atoms with van der Waals surface area (Å²) in [7, 11) is 1.65. The molecule has 0 amide bonds. The lowest BCUT2D eigenvalue weighted by molar-refractivity contribution is 0.177. The van der Waals surface area contributed by atoms with Crippen LogP contribution in [0.1, 0.15) is 13.8 Å². The predicted molar refractivity (Wildman–Crippen MR) is 74.3 cm³/mol. The molecule has 4 heteroatoms. The van der Waals surface area contributed by atoms with Gasteiger partial charge in [0.05, 0.1) is 7.11 Å². The smallest absolute Gasteiger partial charge is 0.161 e. The summed E-state index contributed by atoms with van der Waals surface area (Å²) in [6, 6.07) is 8.17. The van der Waals surface area contributed by atoms with Crippen molar-refractivity contribution in [3.8, 4) is 11.5 Å². The topological polar surface area (TPSA) is 47.7 Å². The molecule has 0 aliphatic carbocycles. The number of methoxy groups -OCH3 is 1. The summed E-state index contributed by atoms with van der Waals surface area (Å²) in [4.78, 5) is 2.30. The first-order chi connectivity index (χ1) is 8.69. The number of ether oxygens (including phenoxy) is 2. The molecule has 0 heterocycles. The third-order valence-electron chi connectivity index (χ3n) is 2.85. The monoisotopic (exact) mass is 252 g/mol. The molecule has 0 saturated heterocycles. The predicted octanol–water partition coefficient (Wildman–Crippen LogP) is 1.74. The van der Waals surface area contributed by atoms with Crippen LogP contribution in [0.5, 0.6) is 11.5 Å². The van der Waals surface area contributed by atoms with Gasteiger partial charge in [0.2, 0.25) is 0 Å². The Kier molecular flexibility index (Phi) is 6.54. The van der Waals surface area contributed by atoms with Crippen LogP contribution >= 0.6 is 0 Å². The summed E-state index contributed by atoms with van der Waals surface area (Å²) in [5, 5.41) is 0. The third kappa shape index (κ3) is 4.55. The van der Waals surface area contributed by atoms with E-state index in [2.05, 4.69) is 18.7 Å². The SMILES string of the molecule is COc1ccccc1OCCN(CCN)C(C)C. The number of nitrogens with two attached hydrogens (primary N) is 1. The molecule has 0 aromatic heterocycles. The summed E-state index contributed by atoms with van der Waals surface area (Å²) < 4.78 is 11.0. The average Bonchev–Trinajstić information content (AvgIpc) is 2.38. The van der Waals surface area contributed by atoms with Crippen LogP contribution in [0.25, 0.3) is 0 Å². The lowest BCUT2D eigenvalue weighted by atomic mass is 10.3. The standard InChI is InChI=1S/C14H24N2O2/c1-12(2)16(9-8-15)10-11-18-14-7-5-4-6-13(14)17-3/h4-7,12H,8-11,15H2,1-3H3. The van der Waals surface area contributed by atoms with E-state index in [0.29, 0.717) is 19.2 Å². The highest BCUT2D eigenvalue weighted by Crippen LogP contribution is 2.25. The molecular weight excluding hydrogens is 228 g/mol. The molecule has 0 unspecified atom stereocenters. The van der Waals surface area contributed by atoms with Crippen molar-refractivity contribution in [2.75, 3.05) is 33.4 Å². The Morgan fingerprint density at radius 3 is 2.39 bits per heavy atom. The van der Waals surface area contributed by atoms with Gasteiger partial charge in [-0.15, -0.1) is 0 Å². The van der Waals surface area contributed by atoms with Crippen LogP contribution in [0.2, 0.25) is 0 Å². The van der Waals surface area contributed by atoms with Gasteiger partial charge in [0.25, 0.3) is 0 Å². The zero-order valence-electron chi connectivity index (χ0n) is 11.6. The van der Waals surface area contributed by atoms with Gasteiger partial charge in [-0.3, -0.25) is 4.90 Å². The molecule has 0 fully saturated rings. The van der Waals surface area contributed by atoms with E-state index in [-0.39, 0.29) is 0 Å². The van der Waals surface area contributed by atoms with Gasteiger partial charge in [0.15, 0.2) is 11.5 Å². The fourth-order valence-corrected chi connectivity index (χ4v) is 1.80. The van der Waals surface area contributed by atoms with Crippen molar-refractivity contribution in [2.45, 2.75) is 19.9 Å². The first kappa shape index (κ1) is 14.8. The van der Waals surface area contributed by atoms with Crippen molar-refractivity contribution in [3.63, 3.8) is 0 Å². The van der Waals surface area contributed by atoms with Crippen molar-refractivity contribution < 1.29 is 9.47 Å². The molecular formula is C14H24N2O2. The molecule has 0 bridgehead atoms. The molecule has 1 rings (SSSR count). The first-order valence-corrected chi connectivity index (χ1v) is 6.39. The second-order valence-corrected chi connectivity index (χ2v) is 4.42. The molecule has 0 atom stereocenters. The Hall–Kier alpha value is -1.26. The number of hydrogen-bond acceptors (Lipinski definition) is 4. The molecule has 0 radical (unpaired) electrons. The van der Waals surface area contributed by atoms with E-state index in [0.717, 1.165) is 24.6 Å². The summed E-state index contributed by atoms with van der Waals surface area (Å²) in [6.07, 6.45) is 0. The van der Waals surface area contributed by atoms with Crippen LogP contribution in [-0.2, 0) is 0 Å². The lowest BCUT2D eigenvalue weighted by Gasteiger charge is -2.25. The van der Waals surface area contributed by atoms with E-state index < -0.39 is 0 Å². The minimum absolute atomic E-state index is 0.481. The Morgan fingerprint density at radius 2 is 1.83 bits per heavy atom. The number of hydrogen-bond donors (Lipinski definition) is 1. The highest BCUT2D eigenvalue weighted by Gasteiger charge is 2.09. The summed E-state index contributed by atoms with van der Waals surface area (Å²) in [5.74, 6) is 1.56.